The van der Waals surface area contributed by atoms with Gasteiger partial charge in [0.2, 0.25) is 11.8 Å². The minimum atomic E-state index is -3.93. The summed E-state index contributed by atoms with van der Waals surface area (Å²) in [5.41, 5.74) is 2.34. The van der Waals surface area contributed by atoms with E-state index in [0.717, 1.165) is 23.6 Å². The third-order valence-electron chi connectivity index (χ3n) is 3.82. The predicted octanol–water partition coefficient (Wildman–Crippen LogP) is 0.467. The predicted molar refractivity (Wildman–Crippen MR) is 95.1 cm³/mol. The highest BCUT2D eigenvalue weighted by Gasteiger charge is 2.55. The van der Waals surface area contributed by atoms with E-state index in [2.05, 4.69) is 4.84 Å². The number of nitrogens with one attached hydrogen (secondary N) is 1. The molecule has 1 unspecified atom stereocenters. The number of carbonyl (C=O) groups is 3. The Hall–Kier alpha value is -2.53. The molecule has 0 bridgehead atoms. The van der Waals surface area contributed by atoms with E-state index >= 15 is 0 Å². The van der Waals surface area contributed by atoms with Crippen molar-refractivity contribution in [3.8, 4) is 0 Å². The molecule has 0 aliphatic carbocycles. The highest BCUT2D eigenvalue weighted by molar-refractivity contribution is 8.00. The van der Waals surface area contributed by atoms with Crippen LogP contribution in [0.3, 0.4) is 0 Å². The van der Waals surface area contributed by atoms with E-state index in [4.69, 9.17) is 4.18 Å². The van der Waals surface area contributed by atoms with Crippen molar-refractivity contribution in [1.82, 2.24) is 10.4 Å². The molecule has 9 nitrogen and oxygen atoms in total. The Bertz CT molecular complexity index is 927. The van der Waals surface area contributed by atoms with Crippen LogP contribution in [0.5, 0.6) is 0 Å². The average molecular weight is 412 g/mol. The third kappa shape index (κ3) is 3.93. The van der Waals surface area contributed by atoms with Crippen LogP contribution in [0.2, 0.25) is 0 Å². The minimum Gasteiger partial charge on any atom is -0.384 e. The number of carbonyl (C=O) groups excluding carboxylic acids is 3. The van der Waals surface area contributed by atoms with Crippen molar-refractivity contribution in [2.45, 2.75) is 18.2 Å². The van der Waals surface area contributed by atoms with E-state index < -0.39 is 33.3 Å². The fraction of sp³-hybridized carbons (Fsp3) is 0.312. The Labute approximate surface area is 159 Å². The van der Waals surface area contributed by atoms with E-state index in [1.54, 1.807) is 12.1 Å². The van der Waals surface area contributed by atoms with Crippen molar-refractivity contribution in [3.05, 3.63) is 47.4 Å². The number of β-lactam (4-membered cyclic amide) rings is 1. The molecule has 0 spiro atoms. The summed E-state index contributed by atoms with van der Waals surface area (Å²) in [6.45, 7) is 1.13. The van der Waals surface area contributed by atoms with Gasteiger partial charge in [-0.15, -0.1) is 11.8 Å². The molecule has 27 heavy (non-hydrogen) atoms. The molecule has 1 aromatic carbocycles. The van der Waals surface area contributed by atoms with Crippen molar-refractivity contribution < 1.29 is 31.8 Å². The number of nitrogens with zero attached hydrogens (tertiary/aromatic N) is 1. The van der Waals surface area contributed by atoms with Gasteiger partial charge in [-0.25, -0.2) is 4.79 Å². The lowest BCUT2D eigenvalue weighted by molar-refractivity contribution is -0.159. The molecule has 0 aromatic heterocycles. The Morgan fingerprint density at radius 1 is 1.26 bits per heavy atom. The van der Waals surface area contributed by atoms with E-state index in [1.165, 1.54) is 11.8 Å². The van der Waals surface area contributed by atoms with Crippen LogP contribution in [-0.2, 0) is 33.5 Å². The standard InChI is InChI=1S/C16H16N2O7S2/c1-9(19)17-24-16(21)13-11(25-27(2,22)23)8-26-15-12(14(20)18(13)15)10-6-4-3-5-7-10/h3-7,12,15H,8H2,1-2H3,(H,17,19)/t12?,15-/m0/s1. The van der Waals surface area contributed by atoms with Crippen molar-refractivity contribution >= 4 is 39.7 Å². The normalized spacial score (nSPS) is 21.9. The van der Waals surface area contributed by atoms with Crippen molar-refractivity contribution in [2.75, 3.05) is 12.0 Å². The fourth-order valence-corrected chi connectivity index (χ4v) is 4.75. The van der Waals surface area contributed by atoms with Gasteiger partial charge < -0.3 is 9.02 Å². The molecule has 0 saturated carbocycles. The molecular formula is C16H16N2O7S2. The first-order valence-electron chi connectivity index (χ1n) is 7.79. The maximum Gasteiger partial charge on any atom is 0.382 e. The summed E-state index contributed by atoms with van der Waals surface area (Å²) in [5, 5.41) is -0.410. The number of hydroxylamine groups is 1. The van der Waals surface area contributed by atoms with E-state index in [1.807, 2.05) is 23.7 Å². The first-order chi connectivity index (χ1) is 12.7. The second-order valence-electron chi connectivity index (χ2n) is 5.91. The van der Waals surface area contributed by atoms with Gasteiger partial charge in [0.1, 0.15) is 0 Å². The lowest BCUT2D eigenvalue weighted by Crippen LogP contribution is -2.60. The van der Waals surface area contributed by atoms with Crippen LogP contribution in [0.1, 0.15) is 18.4 Å². The summed E-state index contributed by atoms with van der Waals surface area (Å²) < 4.78 is 27.9. The van der Waals surface area contributed by atoms with Crippen LogP contribution in [0.4, 0.5) is 0 Å². The van der Waals surface area contributed by atoms with Crippen LogP contribution < -0.4 is 5.48 Å². The number of hydrogen-bond donors (Lipinski definition) is 1. The molecule has 1 fully saturated rings. The molecular weight excluding hydrogens is 396 g/mol. The van der Waals surface area contributed by atoms with Crippen LogP contribution in [0.25, 0.3) is 0 Å². The maximum absolute atomic E-state index is 12.7. The number of hydrogen-bond acceptors (Lipinski definition) is 8. The molecule has 2 aliphatic rings. The Morgan fingerprint density at radius 3 is 2.52 bits per heavy atom. The summed E-state index contributed by atoms with van der Waals surface area (Å²) >= 11 is 1.28. The molecule has 11 heteroatoms. The molecule has 2 aliphatic heterocycles. The van der Waals surface area contributed by atoms with Gasteiger partial charge >= 0.3 is 16.1 Å². The molecule has 3 rings (SSSR count). The lowest BCUT2D eigenvalue weighted by Gasteiger charge is -2.49. The van der Waals surface area contributed by atoms with Crippen molar-refractivity contribution in [3.63, 3.8) is 0 Å². The summed E-state index contributed by atoms with van der Waals surface area (Å²) in [6, 6.07) is 9.05. The van der Waals surface area contributed by atoms with Gasteiger partial charge in [0.15, 0.2) is 11.5 Å². The number of rotatable bonds is 4. The highest BCUT2D eigenvalue weighted by Crippen LogP contribution is 2.48. The SMILES string of the molecule is CC(=O)NOC(=O)C1=C(OS(C)(=O)=O)CS[C@H]2C(c3ccccc3)C(=O)N12. The van der Waals surface area contributed by atoms with Gasteiger partial charge in [-0.1, -0.05) is 30.3 Å². The zero-order valence-corrected chi connectivity index (χ0v) is 16.0. The van der Waals surface area contributed by atoms with Crippen LogP contribution in [-0.4, -0.2) is 48.5 Å². The fourth-order valence-electron chi connectivity index (χ4n) is 2.83. The van der Waals surface area contributed by atoms with Gasteiger partial charge in [0, 0.05) is 6.92 Å². The Morgan fingerprint density at radius 2 is 1.93 bits per heavy atom. The quantitative estimate of drug-likeness (QED) is 0.431. The molecule has 2 amide bonds. The summed E-state index contributed by atoms with van der Waals surface area (Å²) in [6.07, 6.45) is 0.832. The smallest absolute Gasteiger partial charge is 0.382 e. The van der Waals surface area contributed by atoms with Gasteiger partial charge in [-0.3, -0.25) is 14.5 Å². The summed E-state index contributed by atoms with van der Waals surface area (Å²) in [7, 11) is -3.93. The topological polar surface area (TPSA) is 119 Å². The number of benzene rings is 1. The molecule has 2 atom stereocenters. The van der Waals surface area contributed by atoms with Gasteiger partial charge in [-0.2, -0.15) is 13.9 Å². The Kier molecular flexibility index (Phi) is 5.16. The zero-order valence-electron chi connectivity index (χ0n) is 14.4. The summed E-state index contributed by atoms with van der Waals surface area (Å²) in [4.78, 5) is 41.9. The summed E-state index contributed by atoms with van der Waals surface area (Å²) in [5.74, 6) is -2.73. The number of amides is 2. The van der Waals surface area contributed by atoms with E-state index in [9.17, 15) is 22.8 Å². The zero-order chi connectivity index (χ0) is 19.8. The lowest BCUT2D eigenvalue weighted by atomic mass is 9.89. The first-order valence-corrected chi connectivity index (χ1v) is 10.7. The van der Waals surface area contributed by atoms with Crippen LogP contribution in [0.15, 0.2) is 41.8 Å². The molecule has 0 radical (unpaired) electrons. The second-order valence-corrected chi connectivity index (χ2v) is 8.59. The van der Waals surface area contributed by atoms with E-state index in [0.29, 0.717) is 0 Å². The second kappa shape index (κ2) is 7.24. The van der Waals surface area contributed by atoms with Crippen molar-refractivity contribution in [2.24, 2.45) is 0 Å². The van der Waals surface area contributed by atoms with Crippen LogP contribution >= 0.6 is 11.8 Å². The van der Waals surface area contributed by atoms with E-state index in [-0.39, 0.29) is 23.1 Å². The third-order valence-corrected chi connectivity index (χ3v) is 5.58. The number of thioether (sulfide) groups is 1. The molecule has 1 saturated heterocycles. The minimum absolute atomic E-state index is 0.0509. The first kappa shape index (κ1) is 19.2. The maximum atomic E-state index is 12.7. The molecule has 1 N–H and O–H groups in total. The molecule has 1 aromatic rings. The van der Waals surface area contributed by atoms with Crippen molar-refractivity contribution in [1.29, 1.82) is 0 Å². The largest absolute Gasteiger partial charge is 0.384 e. The average Bonchev–Trinajstić information content (AvgIpc) is 2.59. The highest BCUT2D eigenvalue weighted by atomic mass is 32.2. The Balaban J connectivity index is 1.94. The molecule has 2 heterocycles. The monoisotopic (exact) mass is 412 g/mol. The van der Waals surface area contributed by atoms with Crippen LogP contribution in [0, 0.1) is 0 Å². The van der Waals surface area contributed by atoms with Gasteiger partial charge in [0.25, 0.3) is 0 Å². The van der Waals surface area contributed by atoms with Gasteiger partial charge in [-0.05, 0) is 5.56 Å². The van der Waals surface area contributed by atoms with Gasteiger partial charge in [0.05, 0.1) is 23.3 Å². The molecule has 144 valence electrons. The number of fused-ring (bicyclic) bond motifs is 1.